The molecule has 28 heavy (non-hydrogen) atoms. The number of carbonyl (C=O) groups is 1. The molecule has 0 aliphatic carbocycles. The van der Waals surface area contributed by atoms with Gasteiger partial charge in [-0.05, 0) is 35.9 Å². The summed E-state index contributed by atoms with van der Waals surface area (Å²) >= 11 is 0. The Morgan fingerprint density at radius 3 is 2.50 bits per heavy atom. The van der Waals surface area contributed by atoms with Crippen LogP contribution in [0.1, 0.15) is 5.56 Å². The van der Waals surface area contributed by atoms with Crippen molar-refractivity contribution in [2.24, 2.45) is 14.1 Å². The van der Waals surface area contributed by atoms with Crippen LogP contribution in [0.3, 0.4) is 0 Å². The van der Waals surface area contributed by atoms with E-state index in [1.54, 1.807) is 18.2 Å². The van der Waals surface area contributed by atoms with Crippen LogP contribution in [0, 0.1) is 0 Å². The molecule has 2 N–H and O–H groups in total. The third-order valence-corrected chi connectivity index (χ3v) is 6.11. The van der Waals surface area contributed by atoms with Crippen LogP contribution in [-0.2, 0) is 35.3 Å². The normalized spacial score (nSPS) is 13.4. The maximum Gasteiger partial charge on any atom is 0.330 e. The van der Waals surface area contributed by atoms with E-state index in [9.17, 15) is 22.8 Å². The molecule has 0 spiro atoms. The molecule has 0 saturated heterocycles. The van der Waals surface area contributed by atoms with E-state index in [2.05, 4.69) is 10.0 Å². The summed E-state index contributed by atoms with van der Waals surface area (Å²) in [5, 5.41) is 2.78. The SMILES string of the molecule is Cn1c(=O)c2cc(S(=O)(=O)Nc3ccc4c(c3)NC(=O)C4)ccc2n(C)c1=O. The quantitative estimate of drug-likeness (QED) is 0.665. The first-order valence-corrected chi connectivity index (χ1v) is 9.81. The minimum atomic E-state index is -3.99. The lowest BCUT2D eigenvalue weighted by atomic mass is 10.1. The van der Waals surface area contributed by atoms with Gasteiger partial charge >= 0.3 is 5.69 Å². The Balaban J connectivity index is 1.77. The topological polar surface area (TPSA) is 119 Å². The number of carbonyl (C=O) groups excluding carboxylic acids is 1. The number of anilines is 2. The number of aryl methyl sites for hydroxylation is 1. The van der Waals surface area contributed by atoms with E-state index in [1.165, 1.54) is 36.9 Å². The molecule has 0 unspecified atom stereocenters. The second kappa shape index (κ2) is 6.06. The number of hydrogen-bond donors (Lipinski definition) is 2. The minimum absolute atomic E-state index is 0.111. The van der Waals surface area contributed by atoms with Gasteiger partial charge in [-0.2, -0.15) is 0 Å². The molecule has 1 aliphatic rings. The van der Waals surface area contributed by atoms with Crippen molar-refractivity contribution in [2.45, 2.75) is 11.3 Å². The number of benzene rings is 2. The summed E-state index contributed by atoms with van der Waals surface area (Å²) in [4.78, 5) is 35.7. The van der Waals surface area contributed by atoms with Crippen molar-refractivity contribution in [1.29, 1.82) is 0 Å². The van der Waals surface area contributed by atoms with Crippen molar-refractivity contribution in [1.82, 2.24) is 9.13 Å². The molecule has 0 bridgehead atoms. The molecule has 1 aromatic heterocycles. The Bertz CT molecular complexity index is 1390. The molecule has 0 saturated carbocycles. The summed E-state index contributed by atoms with van der Waals surface area (Å²) in [5.41, 5.74) is 0.916. The fraction of sp³-hybridized carbons (Fsp3) is 0.167. The van der Waals surface area contributed by atoms with Crippen LogP contribution < -0.4 is 21.3 Å². The Labute approximate surface area is 159 Å². The molecule has 9 nitrogen and oxygen atoms in total. The Kier molecular flexibility index (Phi) is 3.89. The predicted octanol–water partition coefficient (Wildman–Crippen LogP) is 0.533. The third-order valence-electron chi connectivity index (χ3n) is 4.74. The van der Waals surface area contributed by atoms with Gasteiger partial charge in [-0.25, -0.2) is 13.2 Å². The maximum atomic E-state index is 12.8. The van der Waals surface area contributed by atoms with Crippen molar-refractivity contribution in [3.63, 3.8) is 0 Å². The van der Waals surface area contributed by atoms with Gasteiger partial charge in [0, 0.05) is 19.8 Å². The van der Waals surface area contributed by atoms with Crippen molar-refractivity contribution < 1.29 is 13.2 Å². The second-order valence-electron chi connectivity index (χ2n) is 6.59. The average Bonchev–Trinajstić information content (AvgIpc) is 3.03. The van der Waals surface area contributed by atoms with Gasteiger partial charge in [-0.1, -0.05) is 6.07 Å². The van der Waals surface area contributed by atoms with Gasteiger partial charge in [0.2, 0.25) is 5.91 Å². The first-order valence-electron chi connectivity index (χ1n) is 8.33. The van der Waals surface area contributed by atoms with E-state index in [-0.39, 0.29) is 28.3 Å². The van der Waals surface area contributed by atoms with Crippen LogP contribution in [-0.4, -0.2) is 23.5 Å². The molecule has 2 heterocycles. The molecule has 3 aromatic rings. The van der Waals surface area contributed by atoms with Crippen molar-refractivity contribution in [2.75, 3.05) is 10.0 Å². The van der Waals surface area contributed by atoms with Gasteiger partial charge in [-0.3, -0.25) is 23.4 Å². The van der Waals surface area contributed by atoms with Crippen LogP contribution in [0.2, 0.25) is 0 Å². The Hall–Kier alpha value is -3.40. The van der Waals surface area contributed by atoms with Gasteiger partial charge in [0.05, 0.1) is 27.9 Å². The van der Waals surface area contributed by atoms with Gasteiger partial charge in [0.1, 0.15) is 0 Å². The van der Waals surface area contributed by atoms with Crippen LogP contribution in [0.4, 0.5) is 11.4 Å². The number of rotatable bonds is 3. The average molecular weight is 400 g/mol. The summed E-state index contributed by atoms with van der Waals surface area (Å²) in [6.45, 7) is 0. The fourth-order valence-electron chi connectivity index (χ4n) is 3.23. The zero-order valence-corrected chi connectivity index (χ0v) is 15.8. The first-order chi connectivity index (χ1) is 13.2. The molecular formula is C18H16N4O5S. The number of fused-ring (bicyclic) bond motifs is 2. The first kappa shape index (κ1) is 18.0. The van der Waals surface area contributed by atoms with Gasteiger partial charge in [0.15, 0.2) is 0 Å². The maximum absolute atomic E-state index is 12.8. The lowest BCUT2D eigenvalue weighted by Crippen LogP contribution is -2.37. The van der Waals surface area contributed by atoms with Crippen LogP contribution >= 0.6 is 0 Å². The molecule has 0 atom stereocenters. The van der Waals surface area contributed by atoms with Crippen molar-refractivity contribution in [3.8, 4) is 0 Å². The molecule has 2 aromatic carbocycles. The molecule has 0 radical (unpaired) electrons. The zero-order valence-electron chi connectivity index (χ0n) is 15.0. The number of hydrogen-bond acceptors (Lipinski definition) is 5. The predicted molar refractivity (Wildman–Crippen MR) is 104 cm³/mol. The van der Waals surface area contributed by atoms with E-state index < -0.39 is 21.3 Å². The third kappa shape index (κ3) is 2.78. The number of amides is 1. The van der Waals surface area contributed by atoms with Gasteiger partial charge < -0.3 is 5.32 Å². The molecule has 0 fully saturated rings. The highest BCUT2D eigenvalue weighted by Gasteiger charge is 2.21. The fourth-order valence-corrected chi connectivity index (χ4v) is 4.31. The summed E-state index contributed by atoms with van der Waals surface area (Å²) in [6.07, 6.45) is 0.259. The van der Waals surface area contributed by atoms with Gasteiger partial charge in [0.25, 0.3) is 15.6 Å². The summed E-state index contributed by atoms with van der Waals surface area (Å²) in [6, 6.07) is 8.79. The summed E-state index contributed by atoms with van der Waals surface area (Å²) in [7, 11) is -1.14. The number of nitrogens with zero attached hydrogens (tertiary/aromatic N) is 2. The lowest BCUT2D eigenvalue weighted by molar-refractivity contribution is -0.115. The molecule has 1 aliphatic heterocycles. The van der Waals surface area contributed by atoms with Crippen LogP contribution in [0.25, 0.3) is 10.9 Å². The van der Waals surface area contributed by atoms with E-state index in [0.717, 1.165) is 10.1 Å². The standard InChI is InChI=1S/C18H16N4O5S/c1-21-15-6-5-12(9-13(15)17(24)22(2)18(21)25)28(26,27)20-11-4-3-10-7-16(23)19-14(10)8-11/h3-6,8-9,20H,7H2,1-2H3,(H,19,23). The summed E-state index contributed by atoms with van der Waals surface area (Å²) in [5.74, 6) is -0.147. The molecule has 10 heteroatoms. The zero-order chi connectivity index (χ0) is 20.2. The number of sulfonamides is 1. The number of nitrogens with one attached hydrogen (secondary N) is 2. The lowest BCUT2D eigenvalue weighted by Gasteiger charge is -2.12. The van der Waals surface area contributed by atoms with E-state index in [1.807, 2.05) is 0 Å². The highest BCUT2D eigenvalue weighted by Crippen LogP contribution is 2.28. The van der Waals surface area contributed by atoms with Crippen molar-refractivity contribution >= 4 is 38.2 Å². The van der Waals surface area contributed by atoms with Gasteiger partial charge in [-0.15, -0.1) is 0 Å². The molecule has 144 valence electrons. The molecule has 4 rings (SSSR count). The van der Waals surface area contributed by atoms with Crippen molar-refractivity contribution in [3.05, 3.63) is 62.8 Å². The number of aromatic nitrogens is 2. The second-order valence-corrected chi connectivity index (χ2v) is 8.27. The molecule has 1 amide bonds. The molecular weight excluding hydrogens is 384 g/mol. The highest BCUT2D eigenvalue weighted by atomic mass is 32.2. The minimum Gasteiger partial charge on any atom is -0.325 e. The smallest absolute Gasteiger partial charge is 0.325 e. The summed E-state index contributed by atoms with van der Waals surface area (Å²) < 4.78 is 30.2. The highest BCUT2D eigenvalue weighted by molar-refractivity contribution is 7.92. The monoisotopic (exact) mass is 400 g/mol. The Morgan fingerprint density at radius 2 is 1.75 bits per heavy atom. The van der Waals surface area contributed by atoms with Crippen LogP contribution in [0.15, 0.2) is 50.9 Å². The van der Waals surface area contributed by atoms with E-state index in [0.29, 0.717) is 11.2 Å². The largest absolute Gasteiger partial charge is 0.330 e. The van der Waals surface area contributed by atoms with E-state index in [4.69, 9.17) is 0 Å². The van der Waals surface area contributed by atoms with E-state index >= 15 is 0 Å². The Morgan fingerprint density at radius 1 is 1.00 bits per heavy atom. The van der Waals surface area contributed by atoms with Crippen LogP contribution in [0.5, 0.6) is 0 Å².